The van der Waals surface area contributed by atoms with Gasteiger partial charge in [0.05, 0.1) is 109 Å². The first-order valence-electron chi connectivity index (χ1n) is 90.5. The second-order valence-corrected chi connectivity index (χ2v) is 23.8. The molecule has 672 valence electrons. The van der Waals surface area contributed by atoms with Crippen LogP contribution >= 0.6 is 0 Å². The van der Waals surface area contributed by atoms with Crippen LogP contribution in [-0.4, -0.2) is 260 Å². The van der Waals surface area contributed by atoms with E-state index in [2.05, 4.69) is 0 Å². The number of hydrogen-bond donors (Lipinski definition) is 6. The van der Waals surface area contributed by atoms with E-state index in [4.69, 9.17) is 176 Å². The third kappa shape index (κ3) is 31.1. The van der Waals surface area contributed by atoms with Crippen LogP contribution in [-0.2, 0) is 0 Å². The predicted octanol–water partition coefficient (Wildman–Crippen LogP) is 18.2. The van der Waals surface area contributed by atoms with Crippen LogP contribution in [0.4, 0.5) is 0 Å². The third-order valence-corrected chi connectivity index (χ3v) is 14.6. The lowest BCUT2D eigenvalue weighted by atomic mass is 9.72. The van der Waals surface area contributed by atoms with Gasteiger partial charge in [-0.15, -0.1) is 0 Å². The number of rotatable bonds is 30. The van der Waals surface area contributed by atoms with Crippen LogP contribution in [0.15, 0.2) is 145 Å². The summed E-state index contributed by atoms with van der Waals surface area (Å²) >= 11 is 0. The Balaban J connectivity index is 0.000000370. The molecule has 0 aromatic heterocycles. The molecule has 6 aliphatic rings. The summed E-state index contributed by atoms with van der Waals surface area (Å²) in [6.45, 7) is -39.8. The summed E-state index contributed by atoms with van der Waals surface area (Å²) in [5.41, 5.74) is -36.5. The summed E-state index contributed by atoms with van der Waals surface area (Å²) in [6.07, 6.45) is -127. The predicted molar refractivity (Wildman–Crippen MR) is 494 cm³/mol. The molecule has 6 saturated carbocycles. The zero-order valence-electron chi connectivity index (χ0n) is 179. The van der Waals surface area contributed by atoms with Gasteiger partial charge in [0.25, 0.3) is 0 Å². The van der Waals surface area contributed by atoms with Crippen molar-refractivity contribution in [1.82, 2.24) is 29.4 Å². The molecule has 120 heavy (non-hydrogen) atoms. The van der Waals surface area contributed by atoms with Gasteiger partial charge in [-0.05, 0) is 267 Å². The van der Waals surface area contributed by atoms with E-state index in [1.165, 1.54) is 14.1 Å². The van der Waals surface area contributed by atoms with Gasteiger partial charge in [-0.2, -0.15) is 0 Å². The largest absolute Gasteiger partial charge is 0.497 e. The Labute approximate surface area is 886 Å². The molecule has 0 heterocycles. The van der Waals surface area contributed by atoms with Crippen LogP contribution in [0.25, 0.3) is 0 Å². The van der Waals surface area contributed by atoms with Crippen LogP contribution in [0.1, 0.15) is 416 Å². The number of methoxy groups -OCH3 is 6. The zero-order chi connectivity index (χ0) is 188. The van der Waals surface area contributed by atoms with E-state index >= 15 is 0 Å². The fraction of sp³-hybridized carbons (Fsp3) is 0.647. The van der Waals surface area contributed by atoms with E-state index in [0.717, 1.165) is 68.7 Å². The molecule has 6 fully saturated rings. The van der Waals surface area contributed by atoms with Crippen molar-refractivity contribution in [2.75, 3.05) is 166 Å². The first-order valence-corrected chi connectivity index (χ1v) is 33.5. The molecule has 0 saturated heterocycles. The third-order valence-electron chi connectivity index (χ3n) is 14.6. The summed E-state index contributed by atoms with van der Waals surface area (Å²) in [5.74, 6) is -29.0. The Morgan fingerprint density at radius 2 is 0.425 bits per heavy atom. The van der Waals surface area contributed by atoms with Crippen molar-refractivity contribution in [2.45, 2.75) is 260 Å². The van der Waals surface area contributed by atoms with E-state index < -0.39 is 564 Å². The van der Waals surface area contributed by atoms with Crippen LogP contribution < -0.4 is 28.4 Å². The van der Waals surface area contributed by atoms with Gasteiger partial charge in [-0.25, -0.2) is 0 Å². The van der Waals surface area contributed by atoms with Gasteiger partial charge in [0.2, 0.25) is 0 Å². The molecule has 6 N–H and O–H groups in total. The molecule has 6 unspecified atom stereocenters. The maximum absolute atomic E-state index is 12.1. The molecule has 6 aromatic carbocycles. The molecular weight excluding hydrogens is 1500 g/mol. The second-order valence-electron chi connectivity index (χ2n) is 23.8. The van der Waals surface area contributed by atoms with Crippen molar-refractivity contribution < 1.29 is 215 Å². The van der Waals surface area contributed by atoms with E-state index in [1.807, 2.05) is 0 Å². The highest BCUT2D eigenvalue weighted by molar-refractivity contribution is 5.37. The molecule has 0 bridgehead atoms. The summed E-state index contributed by atoms with van der Waals surface area (Å²) in [4.78, 5) is -0.00969. The highest BCUT2D eigenvalue weighted by atomic mass is 16.5. The minimum atomic E-state index is -5.11. The molecule has 18 heteroatoms. The lowest BCUT2D eigenvalue weighted by molar-refractivity contribution is -0.0280. The maximum Gasteiger partial charge on any atom is 0.118 e. The van der Waals surface area contributed by atoms with Gasteiger partial charge in [-0.3, -0.25) is 0 Å². The van der Waals surface area contributed by atoms with Gasteiger partial charge in [0.1, 0.15) is 34.5 Å². The normalized spacial score (nSPS) is 48.9. The quantitative estimate of drug-likeness (QED) is 0.0249. The number of ether oxygens (including phenoxy) is 6. The number of benzene rings is 6. The molecular formula is C102H162N6O12. The molecule has 6 aliphatic carbocycles. The van der Waals surface area contributed by atoms with Crippen molar-refractivity contribution in [3.63, 3.8) is 0 Å². The fourth-order valence-electron chi connectivity index (χ4n) is 9.20. The van der Waals surface area contributed by atoms with Crippen molar-refractivity contribution in [3.8, 4) is 34.5 Å². The van der Waals surface area contributed by atoms with Crippen molar-refractivity contribution in [1.29, 1.82) is 0 Å². The number of aliphatic hydroxyl groups is 6. The van der Waals surface area contributed by atoms with Crippen LogP contribution in [0.3, 0.4) is 0 Å². The zero-order valence-corrected chi connectivity index (χ0v) is 65.4. The monoisotopic (exact) mass is 1780 g/mol. The van der Waals surface area contributed by atoms with Crippen molar-refractivity contribution in [3.05, 3.63) is 178 Å². The molecule has 0 aliphatic heterocycles. The fourth-order valence-corrected chi connectivity index (χ4v) is 9.20. The Hall–Kier alpha value is -6.36. The molecule has 6 atom stereocenters. The number of hydrogen-bond acceptors (Lipinski definition) is 18. The van der Waals surface area contributed by atoms with Gasteiger partial charge >= 0.3 is 0 Å². The maximum atomic E-state index is 12.1. The standard InChI is InChI=1S/6C17H27NO2/c6*1-18(2)13-16(17(19)11-5-4-6-12-17)14-7-9-15(20-3)10-8-14/h6*7-10,16,19H,4-6,11-13H2,1-3H3/i1D3,2D3,4D2,5D2,6D2,7D,8D,9D,10D,11D2,12D2,13D2,16D;1D3,4D2,5D2,6D2,7D,8D,9D,10D,11D2,12D2,13D2,16D;1D3,2D3,4D2,5D2,6D2,7D,8D,9D,10D,11D2,12D2,16D;4D2,5D2,6D2,7D,8D,9D,10D,11D2,12D2,13D2,16D;1D3,4D2,5D2,6D2,7D,8D,9D,10D,11D2,12D2,16D;4D2,5D2,6D2,7D,8D,9D,10D,11D2,12D2,16D. The SMILES string of the molecule is [2H]c1c([2H])c(C([2H])(C([2H])([2H])N(C([2H])([2H])[2H])C([2H])([2H])[2H])C2(O)C([2H])([2H])C([2H])([2H])C([2H])([2H])C([2H])([2H])C2([2H])[2H])c([2H])c([2H])c1OC.[2H]c1c([2H])c(C([2H])(C([2H])([2H])N(C)C([2H])([2H])[2H])C2(O)C([2H])([2H])C([2H])([2H])C([2H])([2H])C([2H])([2H])C2([2H])[2H])c([2H])c([2H])c1OC.[2H]c1c([2H])c(C([2H])(C([2H])([2H])N(C)C)C2(O)C([2H])([2H])C([2H])([2H])C([2H])([2H])C([2H])([2H])C2([2H])[2H])c([2H])c([2H])c1OC.[2H]c1c([2H])c(C([2H])(CN(C([2H])([2H])[2H])C([2H])([2H])[2H])C2(O)C([2H])([2H])C([2H])([2H])C([2H])([2H])C([2H])([2H])C2([2H])[2H])c([2H])c([2H])c1OC.[2H]c1c([2H])c(C([2H])(CN(C)C([2H])([2H])[2H])C2(O)C([2H])([2H])C([2H])([2H])C([2H])([2H])C([2H])([2H])C2([2H])[2H])c([2H])c([2H])c1OC.[2H]c1c([2H])c(C([2H])(CN(C)C)C2(O)C([2H])([2H])C([2H])([2H])C([2H])([2H])C([2H])([2H])C2([2H])[2H])c([2H])c([2H])c1OC. The molecule has 0 radical (unpaired) electrons. The van der Waals surface area contributed by atoms with E-state index in [0.29, 0.717) is 16.8 Å². The first kappa shape index (κ1) is 26.4. The minimum Gasteiger partial charge on any atom is -0.497 e. The van der Waals surface area contributed by atoms with Gasteiger partial charge < -0.3 is 88.5 Å². The van der Waals surface area contributed by atoms with Gasteiger partial charge in [-0.1, -0.05) is 187 Å². The Morgan fingerprint density at radius 1 is 0.258 bits per heavy atom. The Bertz CT molecular complexity index is 9300. The Kier molecular flexibility index (Phi) is 11.0. The molecule has 0 amide bonds. The molecule has 12 rings (SSSR count). The van der Waals surface area contributed by atoms with Crippen molar-refractivity contribution in [2.24, 2.45) is 0 Å². The molecule has 6 aromatic rings. The Morgan fingerprint density at radius 3 is 0.608 bits per heavy atom. The van der Waals surface area contributed by atoms with E-state index in [9.17, 15) is 38.9 Å². The highest BCUT2D eigenvalue weighted by Crippen LogP contribution is 2.47. The van der Waals surface area contributed by atoms with Gasteiger partial charge in [0.15, 0.2) is 0 Å². The highest BCUT2D eigenvalue weighted by Gasteiger charge is 2.45. The molecule has 0 spiro atoms. The lowest BCUT2D eigenvalue weighted by Gasteiger charge is -2.40. The van der Waals surface area contributed by atoms with Crippen molar-refractivity contribution >= 4 is 0 Å². The van der Waals surface area contributed by atoms with Gasteiger partial charge in [0, 0.05) is 198 Å². The van der Waals surface area contributed by atoms with Crippen LogP contribution in [0.2, 0.25) is 0 Å². The van der Waals surface area contributed by atoms with Crippen LogP contribution in [0.5, 0.6) is 34.5 Å². The van der Waals surface area contributed by atoms with Crippen LogP contribution in [0, 0.1) is 0 Å². The first-order chi connectivity index (χ1) is 102. The number of likely N-dealkylation sites (N-methyl/N-ethyl adjacent to an activating group) is 6. The summed E-state index contributed by atoms with van der Waals surface area (Å²) in [6, 6.07) is -28.8. The molecule has 18 nitrogen and oxygen atoms in total. The average molecular weight is 1780 g/mol. The summed E-state index contributed by atoms with van der Waals surface area (Å²) < 4.78 is 969. The minimum absolute atomic E-state index is 0.300. The second kappa shape index (κ2) is 50.0. The summed E-state index contributed by atoms with van der Waals surface area (Å²) in [7, 11) is 11.5. The van der Waals surface area contributed by atoms with E-state index in [-0.39, 0.29) is 4.90 Å². The lowest BCUT2D eigenvalue weighted by Crippen LogP contribution is -2.42. The van der Waals surface area contributed by atoms with E-state index in [1.54, 1.807) is 0 Å². The topological polar surface area (TPSA) is 196 Å². The summed E-state index contributed by atoms with van der Waals surface area (Å²) in [5, 5.41) is 72.0. The number of nitrogens with zero attached hydrogens (tertiary/aromatic N) is 6. The average Bonchev–Trinajstić information content (AvgIpc) is 0.629. The smallest absolute Gasteiger partial charge is 0.118 e.